The second kappa shape index (κ2) is 4.13. The first-order valence-electron chi connectivity index (χ1n) is 8.59. The van der Waals surface area contributed by atoms with Crippen LogP contribution in [-0.4, -0.2) is 67.8 Å². The molecule has 0 atom stereocenters. The van der Waals surface area contributed by atoms with Gasteiger partial charge in [0.15, 0.2) is 0 Å². The third-order valence-electron chi connectivity index (χ3n) is 9.22. The fourth-order valence-electron chi connectivity index (χ4n) is 9.07. The van der Waals surface area contributed by atoms with E-state index >= 15 is 0 Å². The van der Waals surface area contributed by atoms with Gasteiger partial charge in [-0.3, -0.25) is 0 Å². The fraction of sp³-hybridized carbons (Fsp3) is 1.00. The van der Waals surface area contributed by atoms with Gasteiger partial charge >= 0.3 is 146 Å². The zero-order valence-corrected chi connectivity index (χ0v) is 27.1. The summed E-state index contributed by atoms with van der Waals surface area (Å²) >= 11 is -0.757. The van der Waals surface area contributed by atoms with E-state index in [2.05, 4.69) is 78.6 Å². The Morgan fingerprint density at radius 2 is 0.571 bits per heavy atom. The first kappa shape index (κ1) is 18.4. The van der Waals surface area contributed by atoms with Gasteiger partial charge in [-0.2, -0.15) is 0 Å². The van der Waals surface area contributed by atoms with Crippen LogP contribution in [0.4, 0.5) is 0 Å². The zero-order chi connectivity index (χ0) is 16.7. The van der Waals surface area contributed by atoms with Crippen LogP contribution in [0.5, 0.6) is 0 Å². The van der Waals surface area contributed by atoms with Gasteiger partial charge in [0, 0.05) is 0 Å². The summed E-state index contributed by atoms with van der Waals surface area (Å²) in [5.41, 5.74) is 0. The van der Waals surface area contributed by atoms with E-state index in [4.69, 9.17) is 0 Å². The van der Waals surface area contributed by atoms with Gasteiger partial charge in [0.05, 0.1) is 0 Å². The van der Waals surface area contributed by atoms with E-state index in [1.807, 2.05) is 0 Å². The van der Waals surface area contributed by atoms with Crippen molar-refractivity contribution >= 4 is 67.8 Å². The fourth-order valence-corrected chi connectivity index (χ4v) is 1130. The zero-order valence-electron chi connectivity index (χ0n) is 16.4. The summed E-state index contributed by atoms with van der Waals surface area (Å²) in [6.45, 7) is 35.0. The van der Waals surface area contributed by atoms with Crippen LogP contribution in [-0.2, 0) is 0 Å². The van der Waals surface area contributed by atoms with Crippen molar-refractivity contribution in [3.8, 4) is 0 Å². The average molecular weight is 527 g/mol. The minimum absolute atomic E-state index is 0.379. The van der Waals surface area contributed by atoms with Gasteiger partial charge in [0.25, 0.3) is 0 Å². The summed E-state index contributed by atoms with van der Waals surface area (Å²) in [6.07, 6.45) is 0. The number of hydrogen-bond donors (Lipinski definition) is 0. The molecule has 122 valence electrons. The van der Waals surface area contributed by atoms with Crippen LogP contribution in [0.15, 0.2) is 0 Å². The van der Waals surface area contributed by atoms with Crippen LogP contribution < -0.4 is 0 Å². The summed E-state index contributed by atoms with van der Waals surface area (Å²) in [4.78, 5) is 0. The average Bonchev–Trinajstić information content (AvgIpc) is 2.33. The molecule has 9 heteroatoms. The first-order valence-corrected chi connectivity index (χ1v) is 50.2. The Labute approximate surface area is 145 Å². The summed E-state index contributed by atoms with van der Waals surface area (Å²) in [5.74, 6) is 0. The Bertz CT molecular complexity index is 462. The van der Waals surface area contributed by atoms with Crippen molar-refractivity contribution in [2.24, 2.45) is 0 Å². The molecule has 0 aromatic heterocycles. The Hall–Kier alpha value is 2.64. The van der Waals surface area contributed by atoms with Crippen LogP contribution in [0.25, 0.3) is 0 Å². The molecule has 0 spiro atoms. The van der Waals surface area contributed by atoms with Gasteiger partial charge in [-0.05, 0) is 0 Å². The third-order valence-corrected chi connectivity index (χ3v) is 428. The summed E-state index contributed by atoms with van der Waals surface area (Å²) in [5, 5.41) is -0.743. The molecule has 0 radical (unpaired) electrons. The second-order valence-corrected chi connectivity index (χ2v) is 161. The van der Waals surface area contributed by atoms with Gasteiger partial charge in [-0.15, -0.1) is 0 Å². The normalized spacial score (nSPS) is 53.1. The van der Waals surface area contributed by atoms with E-state index in [1.165, 1.54) is 0 Å². The number of hydrogen-bond acceptors (Lipinski definition) is 0. The van der Waals surface area contributed by atoms with Crippen molar-refractivity contribution < 1.29 is 0 Å². The SMILES string of the molecule is C[Si]1(C)[As]2[Si](C)(C)[Si]3(C)[Si](C)(C)[As]1[Si](C)(C)[Si]3(C)[Si]2(C)C. The molecule has 4 aliphatic rings. The molecular formula is C12H36As2Si7. The van der Waals surface area contributed by atoms with Gasteiger partial charge in [0.2, 0.25) is 0 Å². The molecule has 4 saturated heterocycles. The van der Waals surface area contributed by atoms with Crippen LogP contribution in [0.2, 0.25) is 78.6 Å². The Morgan fingerprint density at radius 1 is 0.381 bits per heavy atom. The monoisotopic (exact) mass is 526 g/mol. The quantitative estimate of drug-likeness (QED) is 0.424. The molecule has 0 aromatic rings. The topological polar surface area (TPSA) is 0 Å². The van der Waals surface area contributed by atoms with Gasteiger partial charge < -0.3 is 0 Å². The van der Waals surface area contributed by atoms with E-state index in [-0.39, 0.29) is 25.3 Å². The third kappa shape index (κ3) is 1.38. The molecule has 4 bridgehead atoms. The molecule has 4 fully saturated rings. The molecule has 0 saturated carbocycles. The molecule has 0 N–H and O–H groups in total. The molecule has 4 heterocycles. The summed E-state index contributed by atoms with van der Waals surface area (Å²) < 4.78 is 0. The molecule has 0 nitrogen and oxygen atoms in total. The molecule has 0 aromatic carbocycles. The summed E-state index contributed by atoms with van der Waals surface area (Å²) in [7, 11) is 0. The van der Waals surface area contributed by atoms with Crippen LogP contribution in [0.3, 0.4) is 0 Å². The Morgan fingerprint density at radius 3 is 0.762 bits per heavy atom. The predicted molar refractivity (Wildman–Crippen MR) is 122 cm³/mol. The maximum atomic E-state index is 3.13. The molecule has 4 aliphatic heterocycles. The predicted octanol–water partition coefficient (Wildman–Crippen LogP) is 3.58. The van der Waals surface area contributed by atoms with Crippen molar-refractivity contribution in [1.29, 1.82) is 0 Å². The molecular weight excluding hydrogens is 491 g/mol. The minimum atomic E-state index is -0.800. The van der Waals surface area contributed by atoms with Crippen LogP contribution in [0.1, 0.15) is 0 Å². The van der Waals surface area contributed by atoms with E-state index in [0.717, 1.165) is 0 Å². The van der Waals surface area contributed by atoms with Crippen LogP contribution in [0, 0.1) is 0 Å². The Kier molecular flexibility index (Phi) is 3.63. The molecule has 0 unspecified atom stereocenters. The van der Waals surface area contributed by atoms with E-state index in [1.54, 1.807) is 0 Å². The molecule has 0 amide bonds. The first-order chi connectivity index (χ1) is 8.98. The van der Waals surface area contributed by atoms with E-state index < -0.39 is 42.5 Å². The van der Waals surface area contributed by atoms with Crippen molar-refractivity contribution in [1.82, 2.24) is 0 Å². The summed E-state index contributed by atoms with van der Waals surface area (Å²) in [6, 6.07) is -3.19. The van der Waals surface area contributed by atoms with E-state index in [9.17, 15) is 0 Å². The van der Waals surface area contributed by atoms with Crippen molar-refractivity contribution in [3.63, 3.8) is 0 Å². The van der Waals surface area contributed by atoms with Gasteiger partial charge in [-0.25, -0.2) is 0 Å². The molecule has 4 rings (SSSR count). The standard InChI is InChI=1S/C12H36As2Si7/c1-15(2)13-16(3,4)20(11)18(7,8)14(15)19(9,10)21(20,12)17(13,5)6/h1-12H3. The Balaban J connectivity index is 2.53. The van der Waals surface area contributed by atoms with Gasteiger partial charge in [-0.1, -0.05) is 0 Å². The molecule has 0 aliphatic carbocycles. The number of rotatable bonds is 0. The van der Waals surface area contributed by atoms with Gasteiger partial charge in [0.1, 0.15) is 0 Å². The second-order valence-electron chi connectivity index (χ2n) is 10.7. The van der Waals surface area contributed by atoms with Crippen LogP contribution >= 0.6 is 0 Å². The maximum absolute atomic E-state index is 3.13. The van der Waals surface area contributed by atoms with E-state index in [0.29, 0.717) is 0 Å². The van der Waals surface area contributed by atoms with Crippen molar-refractivity contribution in [2.75, 3.05) is 0 Å². The van der Waals surface area contributed by atoms with Crippen molar-refractivity contribution in [2.45, 2.75) is 78.6 Å². The van der Waals surface area contributed by atoms with Crippen molar-refractivity contribution in [3.05, 3.63) is 0 Å². The molecule has 21 heavy (non-hydrogen) atoms.